The molecule has 0 aliphatic rings. The first kappa shape index (κ1) is 40.3. The molecule has 4 nitrogen and oxygen atoms in total. The van der Waals surface area contributed by atoms with Crippen molar-refractivity contribution >= 4 is 10.1 Å². The van der Waals surface area contributed by atoms with E-state index >= 15 is 0 Å². The Labute approximate surface area is 263 Å². The maximum Gasteiger partial charge on any atom is 1.00 e. The molecule has 0 saturated heterocycles. The summed E-state index contributed by atoms with van der Waals surface area (Å²) in [6, 6.07) is 15.1. The molecule has 0 unspecified atom stereocenters. The molecule has 0 aliphatic heterocycles. The van der Waals surface area contributed by atoms with E-state index < -0.39 is 10.1 Å². The summed E-state index contributed by atoms with van der Waals surface area (Å²) in [5, 5.41) is 9.58. The number of phenolic OH excluding ortho intramolecular Hbond substituents is 1. The predicted molar refractivity (Wildman–Crippen MR) is 163 cm³/mol. The second-order valence-electron chi connectivity index (χ2n) is 9.97. The third-order valence-corrected chi connectivity index (χ3v) is 7.30. The van der Waals surface area contributed by atoms with Gasteiger partial charge >= 0.3 is 29.6 Å². The molecule has 0 bridgehead atoms. The second-order valence-corrected chi connectivity index (χ2v) is 11.4. The Kier molecular flexibility index (Phi) is 29.6. The van der Waals surface area contributed by atoms with Gasteiger partial charge in [-0.1, -0.05) is 147 Å². The average Bonchev–Trinajstić information content (AvgIpc) is 2.91. The monoisotopic (exact) mass is 570 g/mol. The Hall–Kier alpha value is -0.850. The number of rotatable bonds is 18. The zero-order valence-corrected chi connectivity index (χ0v) is 28.1. The van der Waals surface area contributed by atoms with Crippen molar-refractivity contribution in [2.45, 2.75) is 134 Å². The summed E-state index contributed by atoms with van der Waals surface area (Å²) >= 11 is 0. The summed E-state index contributed by atoms with van der Waals surface area (Å²) in [7, 11) is -4.00. The quantitative estimate of drug-likeness (QED) is 0.0850. The zero-order chi connectivity index (χ0) is 28.3. The zero-order valence-electron chi connectivity index (χ0n) is 25.3. The molecule has 39 heavy (non-hydrogen) atoms. The fourth-order valence-corrected chi connectivity index (χ4v) is 4.58. The molecule has 0 amide bonds. The summed E-state index contributed by atoms with van der Waals surface area (Å²) in [6.07, 6.45) is 24.2. The molecule has 218 valence electrons. The van der Waals surface area contributed by atoms with E-state index in [1.54, 1.807) is 24.3 Å². The van der Waals surface area contributed by atoms with Crippen LogP contribution in [0.4, 0.5) is 0 Å². The van der Waals surface area contributed by atoms with Crippen molar-refractivity contribution in [3.63, 3.8) is 0 Å². The Balaban J connectivity index is 0. The minimum absolute atomic E-state index is 0. The van der Waals surface area contributed by atoms with Gasteiger partial charge < -0.3 is 12.0 Å². The van der Waals surface area contributed by atoms with Crippen molar-refractivity contribution in [1.29, 1.82) is 0 Å². The van der Waals surface area contributed by atoms with Crippen LogP contribution in [0, 0.1) is 6.92 Å². The van der Waals surface area contributed by atoms with Crippen molar-refractivity contribution in [2.24, 2.45) is 0 Å². The number of aryl methyl sites for hydroxylation is 1. The van der Waals surface area contributed by atoms with E-state index in [1.165, 1.54) is 115 Å². The minimum Gasteiger partial charge on any atom is -0.508 e. The van der Waals surface area contributed by atoms with Crippen LogP contribution >= 0.6 is 0 Å². The molecule has 0 atom stereocenters. The van der Waals surface area contributed by atoms with Gasteiger partial charge in [0, 0.05) is 0 Å². The summed E-state index contributed by atoms with van der Waals surface area (Å²) in [5.74, 6) is 0.452. The van der Waals surface area contributed by atoms with E-state index in [4.69, 9.17) is 4.55 Å². The molecule has 0 spiro atoms. The van der Waals surface area contributed by atoms with Crippen LogP contribution in [0.1, 0.15) is 129 Å². The number of aromatic hydroxyl groups is 1. The number of phenols is 1. The first-order valence-electron chi connectivity index (χ1n) is 14.9. The number of para-hydroxylation sites is 1. The number of unbranched alkanes of at least 4 members (excludes halogenated alkanes) is 15. The third kappa shape index (κ3) is 25.8. The van der Waals surface area contributed by atoms with Gasteiger partial charge in [0.25, 0.3) is 10.1 Å². The Morgan fingerprint density at radius 2 is 1.03 bits per heavy atom. The Bertz CT molecular complexity index is 862. The molecule has 0 saturated carbocycles. The Morgan fingerprint density at radius 3 is 1.44 bits per heavy atom. The van der Waals surface area contributed by atoms with Gasteiger partial charge in [-0.05, 0) is 36.6 Å². The van der Waals surface area contributed by atoms with Crippen LogP contribution in [0.5, 0.6) is 5.75 Å². The molecule has 0 radical (unpaired) electrons. The fraction of sp³-hybridized carbons (Fsp3) is 0.606. The van der Waals surface area contributed by atoms with E-state index in [9.17, 15) is 13.5 Å². The smallest absolute Gasteiger partial charge is 0.508 e. The van der Waals surface area contributed by atoms with Gasteiger partial charge in [0.05, 0.1) is 4.90 Å². The minimum atomic E-state index is -4.00. The van der Waals surface area contributed by atoms with Gasteiger partial charge in [-0.25, -0.2) is 0 Å². The molecular weight excluding hydrogens is 515 g/mol. The largest absolute Gasteiger partial charge is 1.00 e. The van der Waals surface area contributed by atoms with E-state index in [0.717, 1.165) is 18.4 Å². The molecule has 2 aromatic carbocycles. The first-order chi connectivity index (χ1) is 18.4. The van der Waals surface area contributed by atoms with Gasteiger partial charge in [0.2, 0.25) is 0 Å². The predicted octanol–water partition coefficient (Wildman–Crippen LogP) is 7.36. The van der Waals surface area contributed by atoms with Gasteiger partial charge in [0.1, 0.15) is 5.75 Å². The van der Waals surface area contributed by atoms with Crippen molar-refractivity contribution < 1.29 is 47.6 Å². The Morgan fingerprint density at radius 1 is 0.615 bits per heavy atom. The van der Waals surface area contributed by atoms with Crippen molar-refractivity contribution in [3.8, 4) is 5.75 Å². The summed E-state index contributed by atoms with van der Waals surface area (Å²) in [5.41, 5.74) is 1.09. The van der Waals surface area contributed by atoms with Crippen LogP contribution in [0.3, 0.4) is 0 Å². The fourth-order valence-electron chi connectivity index (χ4n) is 4.07. The molecular formula is C33H55NaO4S. The normalized spacial score (nSPS) is 10.5. The maximum atomic E-state index is 10.4. The molecule has 0 fully saturated rings. The van der Waals surface area contributed by atoms with Crippen LogP contribution in [0.15, 0.2) is 59.5 Å². The average molecular weight is 571 g/mol. The van der Waals surface area contributed by atoms with Crippen molar-refractivity contribution in [1.82, 2.24) is 0 Å². The van der Waals surface area contributed by atoms with Gasteiger partial charge in [-0.2, -0.15) is 14.8 Å². The number of hydrogen-bond acceptors (Lipinski definition) is 3. The molecule has 6 heteroatoms. The molecule has 2 N–H and O–H groups in total. The standard InChI is InChI=1S/C15H24O.C12H25.C6H6O3S.Na/c1-2-3-4-5-6-7-8-11-14-12-9-10-13-15(14)16;1-3-5-7-9-11-12-10-8-6-4-2;7-10(8,9)6-4-2-1-3-5-6;/h9-10,12-13,16H,2-8,11H2,1H3;1,3-12H2,2H3;1-5H,(H,7,8,9);/q;-1;;+1. The van der Waals surface area contributed by atoms with Crippen molar-refractivity contribution in [3.05, 3.63) is 67.1 Å². The van der Waals surface area contributed by atoms with Gasteiger partial charge in [-0.3, -0.25) is 4.55 Å². The topological polar surface area (TPSA) is 74.6 Å². The van der Waals surface area contributed by atoms with Crippen LogP contribution in [-0.4, -0.2) is 18.1 Å². The summed E-state index contributed by atoms with van der Waals surface area (Å²) in [6.45, 7) is 8.36. The van der Waals surface area contributed by atoms with Crippen LogP contribution in [0.25, 0.3) is 0 Å². The number of hydrogen-bond donors (Lipinski definition) is 2. The van der Waals surface area contributed by atoms with E-state index in [-0.39, 0.29) is 34.5 Å². The van der Waals surface area contributed by atoms with Gasteiger partial charge in [-0.15, -0.1) is 0 Å². The molecule has 0 aromatic heterocycles. The molecule has 0 heterocycles. The van der Waals surface area contributed by atoms with E-state index in [2.05, 4.69) is 20.8 Å². The van der Waals surface area contributed by atoms with Crippen LogP contribution in [-0.2, 0) is 16.5 Å². The van der Waals surface area contributed by atoms with Gasteiger partial charge in [0.15, 0.2) is 0 Å². The second kappa shape index (κ2) is 28.7. The van der Waals surface area contributed by atoms with E-state index in [1.807, 2.05) is 18.2 Å². The number of benzene rings is 2. The van der Waals surface area contributed by atoms with Crippen LogP contribution in [0.2, 0.25) is 0 Å². The molecule has 0 aliphatic carbocycles. The first-order valence-corrected chi connectivity index (χ1v) is 16.4. The SMILES string of the molecule is CCCCCCCCCc1ccccc1O.O=S(=O)(O)c1ccccc1.[CH2-]CCCCCCCCCCC.[Na+]. The summed E-state index contributed by atoms with van der Waals surface area (Å²) < 4.78 is 29.2. The molecule has 2 aromatic rings. The summed E-state index contributed by atoms with van der Waals surface area (Å²) in [4.78, 5) is -0.0741. The molecule has 2 rings (SSSR count). The maximum absolute atomic E-state index is 10.4. The third-order valence-electron chi connectivity index (χ3n) is 6.44. The van der Waals surface area contributed by atoms with Crippen molar-refractivity contribution in [2.75, 3.05) is 0 Å². The van der Waals surface area contributed by atoms with Crippen LogP contribution < -0.4 is 29.6 Å². The van der Waals surface area contributed by atoms with E-state index in [0.29, 0.717) is 5.75 Å².